The summed E-state index contributed by atoms with van der Waals surface area (Å²) in [4.78, 5) is 93.8. The van der Waals surface area contributed by atoms with E-state index in [-0.39, 0.29) is 38.9 Å². The molecule has 0 fully saturated rings. The van der Waals surface area contributed by atoms with Gasteiger partial charge < -0.3 is 38.8 Å². The quantitative estimate of drug-likeness (QED) is 0.0687. The number of amides is 1. The zero-order valence-corrected chi connectivity index (χ0v) is 24.7. The number of hydrogen-bond donors (Lipinski definition) is 3. The molecule has 0 aromatic carbocycles. The van der Waals surface area contributed by atoms with Crippen LogP contribution in [0.1, 0.15) is 59.8 Å². The van der Waals surface area contributed by atoms with E-state index in [0.29, 0.717) is 0 Å². The van der Waals surface area contributed by atoms with Gasteiger partial charge in [-0.1, -0.05) is 27.7 Å². The third-order valence-electron chi connectivity index (χ3n) is 5.27. The van der Waals surface area contributed by atoms with Gasteiger partial charge in [0.1, 0.15) is 18.3 Å². The molecule has 16 nitrogen and oxygen atoms in total. The molecule has 0 spiro atoms. The lowest BCUT2D eigenvalue weighted by molar-refractivity contribution is -0.196. The average Bonchev–Trinajstić information content (AvgIpc) is 2.93. The molecule has 3 N–H and O–H groups in total. The fourth-order valence-electron chi connectivity index (χ4n) is 3.14. The van der Waals surface area contributed by atoms with E-state index in [1.807, 2.05) is 0 Å². The van der Waals surface area contributed by atoms with Crippen molar-refractivity contribution in [3.63, 3.8) is 0 Å². The molecule has 0 saturated carbocycles. The molecule has 0 aromatic heterocycles. The molecule has 0 rings (SSSR count). The third kappa shape index (κ3) is 15.6. The van der Waals surface area contributed by atoms with Crippen LogP contribution in [0.3, 0.4) is 0 Å². The van der Waals surface area contributed by atoms with Crippen LogP contribution in [0.5, 0.6) is 0 Å². The molecule has 0 aliphatic heterocycles. The largest absolute Gasteiger partial charge is 0.469 e. The molecule has 17 heteroatoms. The summed E-state index contributed by atoms with van der Waals surface area (Å²) in [5.41, 5.74) is 0. The fourth-order valence-corrected chi connectivity index (χ4v) is 3.47. The van der Waals surface area contributed by atoms with Gasteiger partial charge in [-0.2, -0.15) is 0 Å². The smallest absolute Gasteiger partial charge is 0.463 e. The van der Waals surface area contributed by atoms with Crippen molar-refractivity contribution >= 4 is 43.4 Å². The van der Waals surface area contributed by atoms with Gasteiger partial charge in [-0.25, -0.2) is 4.57 Å². The van der Waals surface area contributed by atoms with Crippen molar-refractivity contribution in [2.45, 2.75) is 78.1 Å². The minimum atomic E-state index is -4.86. The van der Waals surface area contributed by atoms with E-state index in [9.17, 15) is 33.3 Å². The van der Waals surface area contributed by atoms with E-state index in [1.165, 1.54) is 34.8 Å². The third-order valence-corrected chi connectivity index (χ3v) is 5.79. The number of rotatable bonds is 21. The predicted molar refractivity (Wildman–Crippen MR) is 138 cm³/mol. The van der Waals surface area contributed by atoms with Crippen molar-refractivity contribution in [2.75, 3.05) is 33.5 Å². The molecular formula is C24H40NO15P. The Morgan fingerprint density at radius 2 is 1.29 bits per heavy atom. The number of ketones is 1. The summed E-state index contributed by atoms with van der Waals surface area (Å²) >= 11 is 0. The van der Waals surface area contributed by atoms with Gasteiger partial charge in [0, 0.05) is 45.8 Å². The van der Waals surface area contributed by atoms with E-state index in [0.717, 1.165) is 0 Å². The maximum Gasteiger partial charge on any atom is 0.469 e. The second-order valence-corrected chi connectivity index (χ2v) is 9.60. The lowest BCUT2D eigenvalue weighted by atomic mass is 9.89. The molecule has 1 amide bonds. The molecule has 0 radical (unpaired) electrons. The van der Waals surface area contributed by atoms with Crippen molar-refractivity contribution < 1.29 is 71.3 Å². The highest BCUT2D eigenvalue weighted by atomic mass is 31.2. The summed E-state index contributed by atoms with van der Waals surface area (Å²) < 4.78 is 41.4. The number of Topliss-reactive ketones (excluding diaryl/α,β-unsaturated/α-hetero) is 1. The van der Waals surface area contributed by atoms with Crippen LogP contribution in [-0.4, -0.2) is 97.1 Å². The van der Waals surface area contributed by atoms with Crippen LogP contribution < -0.4 is 5.32 Å². The number of phosphoric ester groups is 1. The zero-order valence-electron chi connectivity index (χ0n) is 23.8. The van der Waals surface area contributed by atoms with Gasteiger partial charge in [0.25, 0.3) is 5.91 Å². The van der Waals surface area contributed by atoms with Gasteiger partial charge >= 0.3 is 31.7 Å². The van der Waals surface area contributed by atoms with Gasteiger partial charge in [-0.3, -0.25) is 33.3 Å². The number of methoxy groups -OCH3 is 1. The van der Waals surface area contributed by atoms with Crippen LogP contribution in [0.15, 0.2) is 0 Å². The van der Waals surface area contributed by atoms with Crippen molar-refractivity contribution in [1.29, 1.82) is 0 Å². The topological polar surface area (TPSA) is 227 Å². The SMILES string of the molecule is CCC(=O)CC(C(=O)OCCOC)C(OC(=O)CC)C(OC(=O)CC)C(OC(=O)CC)C(=O)NCCOP(=O)(O)O. The van der Waals surface area contributed by atoms with Gasteiger partial charge in [-0.05, 0) is 0 Å². The highest BCUT2D eigenvalue weighted by Gasteiger charge is 2.48. The molecule has 236 valence electrons. The monoisotopic (exact) mass is 613 g/mol. The normalized spacial score (nSPS) is 14.1. The van der Waals surface area contributed by atoms with Gasteiger partial charge in [0.05, 0.1) is 13.2 Å². The number of carbonyl (C=O) groups excluding carboxylic acids is 6. The lowest BCUT2D eigenvalue weighted by Gasteiger charge is -2.35. The van der Waals surface area contributed by atoms with Gasteiger partial charge in [0.2, 0.25) is 6.10 Å². The summed E-state index contributed by atoms with van der Waals surface area (Å²) in [6, 6.07) is 0. The van der Waals surface area contributed by atoms with Crippen molar-refractivity contribution in [2.24, 2.45) is 5.92 Å². The molecule has 4 unspecified atom stereocenters. The predicted octanol–water partition coefficient (Wildman–Crippen LogP) is 0.352. The van der Waals surface area contributed by atoms with Crippen molar-refractivity contribution in [3.05, 3.63) is 0 Å². The second-order valence-electron chi connectivity index (χ2n) is 8.36. The fraction of sp³-hybridized carbons (Fsp3) is 0.750. The van der Waals surface area contributed by atoms with Crippen molar-refractivity contribution in [3.8, 4) is 0 Å². The first-order valence-electron chi connectivity index (χ1n) is 13.0. The first-order valence-corrected chi connectivity index (χ1v) is 14.5. The molecular weight excluding hydrogens is 573 g/mol. The van der Waals surface area contributed by atoms with Crippen LogP contribution in [-0.2, 0) is 61.5 Å². The Kier molecular flexibility index (Phi) is 18.6. The highest BCUT2D eigenvalue weighted by Crippen LogP contribution is 2.35. The molecule has 0 saturated heterocycles. The molecule has 0 heterocycles. The lowest BCUT2D eigenvalue weighted by Crippen LogP contribution is -2.56. The van der Waals surface area contributed by atoms with E-state index in [1.54, 1.807) is 0 Å². The Morgan fingerprint density at radius 1 is 0.756 bits per heavy atom. The maximum absolute atomic E-state index is 13.2. The molecule has 4 atom stereocenters. The Balaban J connectivity index is 6.78. The number of phosphoric acid groups is 1. The van der Waals surface area contributed by atoms with E-state index < -0.39 is 87.2 Å². The number of ether oxygens (including phenoxy) is 5. The van der Waals surface area contributed by atoms with E-state index in [2.05, 4.69) is 9.84 Å². The van der Waals surface area contributed by atoms with E-state index in [4.69, 9.17) is 33.5 Å². The first kappa shape index (κ1) is 38.1. The molecule has 0 bridgehead atoms. The van der Waals surface area contributed by atoms with Crippen LogP contribution in [0.4, 0.5) is 0 Å². The Hall–Kier alpha value is -2.91. The van der Waals surface area contributed by atoms with Crippen LogP contribution in [0.2, 0.25) is 0 Å². The van der Waals surface area contributed by atoms with Crippen LogP contribution >= 0.6 is 7.82 Å². The molecule has 0 aliphatic rings. The number of nitrogens with one attached hydrogen (secondary N) is 1. The Morgan fingerprint density at radius 3 is 1.78 bits per heavy atom. The van der Waals surface area contributed by atoms with Gasteiger partial charge in [0.15, 0.2) is 12.2 Å². The minimum absolute atomic E-state index is 0.0102. The maximum atomic E-state index is 13.2. The molecule has 0 aromatic rings. The standard InChI is InChI=1S/C24H40NO15P/c1-6-15(26)14-16(24(31)36-13-12-35-5)20(38-17(27)7-2)21(39-18(28)8-3)22(40-19(29)9-4)23(30)25-10-11-37-41(32,33)34/h16,20-22H,6-14H2,1-5H3,(H,25,30)(H2,32,33,34). The van der Waals surface area contributed by atoms with Crippen LogP contribution in [0, 0.1) is 5.92 Å². The minimum Gasteiger partial charge on any atom is -0.463 e. The average molecular weight is 614 g/mol. The zero-order chi connectivity index (χ0) is 31.6. The summed E-state index contributed by atoms with van der Waals surface area (Å²) in [5, 5.41) is 2.22. The Labute approximate surface area is 237 Å². The summed E-state index contributed by atoms with van der Waals surface area (Å²) in [7, 11) is -3.51. The summed E-state index contributed by atoms with van der Waals surface area (Å²) in [5.74, 6) is -7.01. The summed E-state index contributed by atoms with van der Waals surface area (Å²) in [6.45, 7) is 4.37. The molecule has 0 aliphatic carbocycles. The van der Waals surface area contributed by atoms with Crippen molar-refractivity contribution in [1.82, 2.24) is 5.32 Å². The second kappa shape index (κ2) is 20.0. The first-order chi connectivity index (χ1) is 19.2. The Bertz CT molecular complexity index is 934. The van der Waals surface area contributed by atoms with Gasteiger partial charge in [-0.15, -0.1) is 0 Å². The number of carbonyl (C=O) groups is 6. The highest BCUT2D eigenvalue weighted by molar-refractivity contribution is 7.46. The molecule has 41 heavy (non-hydrogen) atoms. The summed E-state index contributed by atoms with van der Waals surface area (Å²) in [6.07, 6.45) is -7.09. The number of esters is 4. The number of hydrogen-bond acceptors (Lipinski definition) is 13. The van der Waals surface area contributed by atoms with Crippen LogP contribution in [0.25, 0.3) is 0 Å². The van der Waals surface area contributed by atoms with E-state index >= 15 is 0 Å².